The second kappa shape index (κ2) is 9.11. The Morgan fingerprint density at radius 3 is 2.86 bits per heavy atom. The molecule has 72 valence electrons. The van der Waals surface area contributed by atoms with E-state index in [0.717, 1.165) is 5.75 Å². The van der Waals surface area contributed by atoms with Gasteiger partial charge in [-0.15, -0.1) is 12.1 Å². The van der Waals surface area contributed by atoms with E-state index in [0.29, 0.717) is 13.2 Å². The zero-order valence-electron chi connectivity index (χ0n) is 8.66. The van der Waals surface area contributed by atoms with Crippen LogP contribution in [-0.2, 0) is 9.47 Å². The molecule has 4 heteroatoms. The summed E-state index contributed by atoms with van der Waals surface area (Å²) in [6.45, 7) is 1.39. The van der Waals surface area contributed by atoms with Crippen LogP contribution >= 0.6 is 0 Å². The minimum absolute atomic E-state index is 0. The second-order valence-electron chi connectivity index (χ2n) is 2.40. The third-order valence-corrected chi connectivity index (χ3v) is 1.42. The van der Waals surface area contributed by atoms with Crippen LogP contribution < -0.4 is 23.6 Å². The van der Waals surface area contributed by atoms with Crippen molar-refractivity contribution in [2.24, 2.45) is 0 Å². The average Bonchev–Trinajstić information content (AvgIpc) is 2.19. The SMILES string of the molecule is COCCOCOc1c[c-]ccc1.[Li+]. The molecule has 0 radical (unpaired) electrons. The van der Waals surface area contributed by atoms with Crippen molar-refractivity contribution in [3.63, 3.8) is 0 Å². The topological polar surface area (TPSA) is 27.7 Å². The van der Waals surface area contributed by atoms with Gasteiger partial charge < -0.3 is 14.2 Å². The zero-order chi connectivity index (χ0) is 9.36. The van der Waals surface area contributed by atoms with Crippen LogP contribution in [0.1, 0.15) is 0 Å². The fourth-order valence-corrected chi connectivity index (χ4v) is 0.778. The van der Waals surface area contributed by atoms with Gasteiger partial charge in [0.1, 0.15) is 0 Å². The molecule has 0 atom stereocenters. The van der Waals surface area contributed by atoms with Crippen molar-refractivity contribution in [3.8, 4) is 5.75 Å². The molecule has 0 aliphatic carbocycles. The Bertz CT molecular complexity index is 216. The van der Waals surface area contributed by atoms with Gasteiger partial charge in [0.2, 0.25) is 0 Å². The molecular formula is C10H13LiO3. The molecule has 0 saturated carbocycles. The van der Waals surface area contributed by atoms with Crippen molar-refractivity contribution in [1.82, 2.24) is 0 Å². The maximum Gasteiger partial charge on any atom is 1.00 e. The normalized spacial score (nSPS) is 9.21. The summed E-state index contributed by atoms with van der Waals surface area (Å²) in [7, 11) is 1.64. The van der Waals surface area contributed by atoms with Crippen LogP contribution in [0.15, 0.2) is 24.3 Å². The minimum Gasteiger partial charge on any atom is -0.528 e. The fraction of sp³-hybridized carbons (Fsp3) is 0.400. The van der Waals surface area contributed by atoms with Crippen LogP contribution in [0.3, 0.4) is 0 Å². The monoisotopic (exact) mass is 188 g/mol. The van der Waals surface area contributed by atoms with Crippen molar-refractivity contribution in [2.75, 3.05) is 27.1 Å². The first-order valence-electron chi connectivity index (χ1n) is 4.09. The number of hydrogen-bond acceptors (Lipinski definition) is 3. The summed E-state index contributed by atoms with van der Waals surface area (Å²) >= 11 is 0. The van der Waals surface area contributed by atoms with Crippen LogP contribution in [-0.4, -0.2) is 27.1 Å². The van der Waals surface area contributed by atoms with Crippen LogP contribution in [0.25, 0.3) is 0 Å². The van der Waals surface area contributed by atoms with Gasteiger partial charge >= 0.3 is 18.9 Å². The number of ether oxygens (including phenoxy) is 3. The van der Waals surface area contributed by atoms with E-state index in [1.807, 2.05) is 18.2 Å². The molecule has 0 amide bonds. The molecule has 1 aromatic carbocycles. The van der Waals surface area contributed by atoms with Gasteiger partial charge in [-0.25, -0.2) is 0 Å². The molecule has 0 heterocycles. The summed E-state index contributed by atoms with van der Waals surface area (Å²) in [5.74, 6) is 0.764. The number of hydrogen-bond donors (Lipinski definition) is 0. The molecule has 14 heavy (non-hydrogen) atoms. The summed E-state index contributed by atoms with van der Waals surface area (Å²) in [5, 5.41) is 0. The van der Waals surface area contributed by atoms with Crippen molar-refractivity contribution >= 4 is 0 Å². The summed E-state index contributed by atoms with van der Waals surface area (Å²) in [5.41, 5.74) is 0. The Kier molecular flexibility index (Phi) is 8.81. The fourth-order valence-electron chi connectivity index (χ4n) is 0.778. The average molecular weight is 188 g/mol. The molecule has 0 spiro atoms. The Balaban J connectivity index is 0.00000169. The van der Waals surface area contributed by atoms with Gasteiger partial charge in [-0.1, -0.05) is 0 Å². The first kappa shape index (κ1) is 13.5. The van der Waals surface area contributed by atoms with E-state index in [2.05, 4.69) is 6.07 Å². The molecule has 3 nitrogen and oxygen atoms in total. The number of rotatable bonds is 6. The van der Waals surface area contributed by atoms with Gasteiger partial charge in [0.05, 0.1) is 13.2 Å². The third kappa shape index (κ3) is 6.06. The molecule has 0 aliphatic heterocycles. The van der Waals surface area contributed by atoms with Gasteiger partial charge in [-0.05, 0) is 0 Å². The first-order valence-corrected chi connectivity index (χ1v) is 4.09. The largest absolute Gasteiger partial charge is 1.00 e. The van der Waals surface area contributed by atoms with Crippen molar-refractivity contribution < 1.29 is 33.1 Å². The molecule has 0 saturated heterocycles. The first-order chi connectivity index (χ1) is 6.43. The van der Waals surface area contributed by atoms with Crippen LogP contribution in [0.2, 0.25) is 0 Å². The van der Waals surface area contributed by atoms with Crippen molar-refractivity contribution in [1.29, 1.82) is 0 Å². The van der Waals surface area contributed by atoms with E-state index >= 15 is 0 Å². The maximum atomic E-state index is 5.24. The maximum absolute atomic E-state index is 5.24. The van der Waals surface area contributed by atoms with E-state index in [1.54, 1.807) is 13.2 Å². The predicted octanol–water partition coefficient (Wildman–Crippen LogP) is -1.51. The van der Waals surface area contributed by atoms with E-state index < -0.39 is 0 Å². The third-order valence-electron chi connectivity index (χ3n) is 1.42. The smallest absolute Gasteiger partial charge is 0.528 e. The van der Waals surface area contributed by atoms with Gasteiger partial charge in [0.25, 0.3) is 0 Å². The molecule has 0 N–H and O–H groups in total. The Labute approximate surface area is 96.5 Å². The molecular weight excluding hydrogens is 175 g/mol. The van der Waals surface area contributed by atoms with E-state index in [9.17, 15) is 0 Å². The van der Waals surface area contributed by atoms with E-state index in [4.69, 9.17) is 14.2 Å². The molecule has 0 aromatic heterocycles. The molecule has 0 fully saturated rings. The summed E-state index contributed by atoms with van der Waals surface area (Å²) < 4.78 is 15.2. The summed E-state index contributed by atoms with van der Waals surface area (Å²) in [6, 6.07) is 10.2. The molecule has 0 unspecified atom stereocenters. The Morgan fingerprint density at radius 2 is 2.21 bits per heavy atom. The van der Waals surface area contributed by atoms with Crippen LogP contribution in [0, 0.1) is 6.07 Å². The zero-order valence-corrected chi connectivity index (χ0v) is 8.66. The van der Waals surface area contributed by atoms with Crippen LogP contribution in [0.4, 0.5) is 0 Å². The molecule has 1 aromatic rings. The molecule has 0 aliphatic rings. The van der Waals surface area contributed by atoms with Gasteiger partial charge in [0, 0.05) is 12.9 Å². The Hall–Kier alpha value is -0.463. The van der Waals surface area contributed by atoms with Gasteiger partial charge in [-0.2, -0.15) is 18.2 Å². The number of benzene rings is 1. The minimum atomic E-state index is 0. The van der Waals surface area contributed by atoms with E-state index in [-0.39, 0.29) is 25.7 Å². The predicted molar refractivity (Wildman–Crippen MR) is 48.6 cm³/mol. The summed E-state index contributed by atoms with van der Waals surface area (Å²) in [4.78, 5) is 0. The quantitative estimate of drug-likeness (QED) is 0.235. The van der Waals surface area contributed by atoms with Crippen molar-refractivity contribution in [2.45, 2.75) is 0 Å². The van der Waals surface area contributed by atoms with E-state index in [1.165, 1.54) is 0 Å². The van der Waals surface area contributed by atoms with Gasteiger partial charge in [0.15, 0.2) is 6.79 Å². The Morgan fingerprint density at radius 1 is 1.36 bits per heavy atom. The summed E-state index contributed by atoms with van der Waals surface area (Å²) in [6.07, 6.45) is 0. The molecule has 0 bridgehead atoms. The standard InChI is InChI=1S/C10H13O3.Li/c1-11-7-8-12-9-13-10-5-3-2-4-6-10;/h2-3,5-6H,7-9H2,1H3;/q-1;+1. The van der Waals surface area contributed by atoms with Gasteiger partial charge in [-0.3, -0.25) is 0 Å². The number of methoxy groups -OCH3 is 1. The van der Waals surface area contributed by atoms with Crippen LogP contribution in [0.5, 0.6) is 5.75 Å². The molecule has 1 rings (SSSR count). The van der Waals surface area contributed by atoms with Crippen molar-refractivity contribution in [3.05, 3.63) is 30.3 Å². The second-order valence-corrected chi connectivity index (χ2v) is 2.40.